The molecule has 0 saturated carbocycles. The number of carbonyl (C=O) groups excluding carboxylic acids is 1. The number of likely N-dealkylation sites (N-methyl/N-ethyl adjacent to an activating group) is 1. The zero-order chi connectivity index (χ0) is 16.7. The van der Waals surface area contributed by atoms with Gasteiger partial charge in [0.25, 0.3) is 5.56 Å². The van der Waals surface area contributed by atoms with Crippen molar-refractivity contribution >= 4 is 29.5 Å². The van der Waals surface area contributed by atoms with E-state index in [1.165, 1.54) is 10.9 Å². The van der Waals surface area contributed by atoms with Crippen LogP contribution < -0.4 is 16.6 Å². The molecule has 24 heavy (non-hydrogen) atoms. The molecule has 3 heterocycles. The van der Waals surface area contributed by atoms with Gasteiger partial charge in [0.15, 0.2) is 11.2 Å². The monoisotopic (exact) mass is 356 g/mol. The zero-order valence-electron chi connectivity index (χ0n) is 13.9. The average Bonchev–Trinajstić information content (AvgIpc) is 3.18. The molecule has 10 heteroatoms. The second-order valence-electron chi connectivity index (χ2n) is 5.91. The van der Waals surface area contributed by atoms with E-state index in [0.29, 0.717) is 11.2 Å². The van der Waals surface area contributed by atoms with Gasteiger partial charge in [-0.05, 0) is 13.0 Å². The summed E-state index contributed by atoms with van der Waals surface area (Å²) in [5.41, 5.74) is -0.397. The van der Waals surface area contributed by atoms with Crippen LogP contribution in [0.2, 0.25) is 0 Å². The molecular weight excluding hydrogens is 336 g/mol. The van der Waals surface area contributed by atoms with Crippen LogP contribution in [0.1, 0.15) is 6.42 Å². The Morgan fingerprint density at radius 2 is 2.12 bits per heavy atom. The summed E-state index contributed by atoms with van der Waals surface area (Å²) >= 11 is 0. The maximum atomic E-state index is 12.6. The lowest BCUT2D eigenvalue weighted by molar-refractivity contribution is -0.132. The minimum atomic E-state index is -0.535. The molecular formula is C14H21ClN6O3. The minimum absolute atomic E-state index is 0. The largest absolute Gasteiger partial charge is 0.340 e. The van der Waals surface area contributed by atoms with Crippen molar-refractivity contribution in [1.29, 1.82) is 0 Å². The molecule has 0 aliphatic carbocycles. The molecule has 0 spiro atoms. The second kappa shape index (κ2) is 6.78. The van der Waals surface area contributed by atoms with Crippen LogP contribution in [0.25, 0.3) is 11.2 Å². The van der Waals surface area contributed by atoms with Crippen LogP contribution in [0.3, 0.4) is 0 Å². The molecule has 2 aromatic heterocycles. The zero-order valence-corrected chi connectivity index (χ0v) is 14.7. The molecule has 1 aliphatic heterocycles. The van der Waals surface area contributed by atoms with E-state index in [-0.39, 0.29) is 30.9 Å². The van der Waals surface area contributed by atoms with Crippen molar-refractivity contribution in [2.45, 2.75) is 19.0 Å². The molecule has 1 atom stereocenters. The molecule has 0 bridgehead atoms. The summed E-state index contributed by atoms with van der Waals surface area (Å²) in [6, 6.07) is 0.0995. The maximum Gasteiger partial charge on any atom is 0.332 e. The fourth-order valence-electron chi connectivity index (χ4n) is 2.96. The van der Waals surface area contributed by atoms with Gasteiger partial charge in [0, 0.05) is 33.7 Å². The third-order valence-electron chi connectivity index (χ3n) is 4.47. The van der Waals surface area contributed by atoms with Crippen molar-refractivity contribution in [1.82, 2.24) is 28.9 Å². The Bertz CT molecular complexity index is 877. The van der Waals surface area contributed by atoms with Crippen molar-refractivity contribution in [3.05, 3.63) is 27.2 Å². The van der Waals surface area contributed by atoms with Crippen LogP contribution in [0, 0.1) is 0 Å². The average molecular weight is 357 g/mol. The van der Waals surface area contributed by atoms with Crippen LogP contribution in [-0.4, -0.2) is 55.7 Å². The minimum Gasteiger partial charge on any atom is -0.340 e. The number of nitrogens with one attached hydrogen (secondary N) is 1. The van der Waals surface area contributed by atoms with Crippen molar-refractivity contribution in [2.75, 3.05) is 20.1 Å². The first-order chi connectivity index (χ1) is 10.9. The highest BCUT2D eigenvalue weighted by Crippen LogP contribution is 2.07. The first kappa shape index (κ1) is 18.2. The number of imidazole rings is 1. The van der Waals surface area contributed by atoms with E-state index < -0.39 is 11.2 Å². The topological polar surface area (TPSA) is 94.2 Å². The van der Waals surface area contributed by atoms with E-state index >= 15 is 0 Å². The molecule has 3 rings (SSSR count). The summed E-state index contributed by atoms with van der Waals surface area (Å²) in [6.45, 7) is 1.33. The maximum absolute atomic E-state index is 12.6. The first-order valence-corrected chi connectivity index (χ1v) is 7.49. The molecule has 1 fully saturated rings. The lowest BCUT2D eigenvalue weighted by atomic mass is 10.2. The number of aryl methyl sites for hydroxylation is 2. The fourth-order valence-corrected chi connectivity index (χ4v) is 2.96. The third-order valence-corrected chi connectivity index (χ3v) is 4.47. The number of rotatable bonds is 3. The van der Waals surface area contributed by atoms with E-state index in [1.807, 2.05) is 0 Å². The van der Waals surface area contributed by atoms with Gasteiger partial charge in [0.2, 0.25) is 5.91 Å². The predicted molar refractivity (Wildman–Crippen MR) is 91.5 cm³/mol. The summed E-state index contributed by atoms with van der Waals surface area (Å²) in [5.74, 6) is -0.251. The van der Waals surface area contributed by atoms with Gasteiger partial charge in [-0.25, -0.2) is 14.3 Å². The summed E-state index contributed by atoms with van der Waals surface area (Å²) in [5, 5.41) is 3.19. The summed E-state index contributed by atoms with van der Waals surface area (Å²) in [7, 11) is 4.94. The SMILES string of the molecule is CN(C(=O)Cn1c(=O)c2c(ncn2C)n(C)c1=O)C1CCNC1.Cl. The van der Waals surface area contributed by atoms with Gasteiger partial charge in [-0.1, -0.05) is 0 Å². The summed E-state index contributed by atoms with van der Waals surface area (Å²) in [6.07, 6.45) is 2.35. The van der Waals surface area contributed by atoms with Crippen LogP contribution in [0.15, 0.2) is 15.9 Å². The van der Waals surface area contributed by atoms with Gasteiger partial charge in [-0.3, -0.25) is 14.2 Å². The Balaban J connectivity index is 0.00000208. The summed E-state index contributed by atoms with van der Waals surface area (Å²) < 4.78 is 3.83. The smallest absolute Gasteiger partial charge is 0.332 e. The number of fused-ring (bicyclic) bond motifs is 1. The Kier molecular flexibility index (Phi) is 5.14. The van der Waals surface area contributed by atoms with Crippen molar-refractivity contribution in [3.8, 4) is 0 Å². The molecule has 132 valence electrons. The third kappa shape index (κ3) is 2.84. The lowest BCUT2D eigenvalue weighted by Crippen LogP contribution is -2.46. The van der Waals surface area contributed by atoms with E-state index in [4.69, 9.17) is 0 Å². The number of nitrogens with zero attached hydrogens (tertiary/aromatic N) is 5. The number of amides is 1. The molecule has 1 unspecified atom stereocenters. The van der Waals surface area contributed by atoms with E-state index in [2.05, 4.69) is 10.3 Å². The van der Waals surface area contributed by atoms with Crippen LogP contribution in [0.4, 0.5) is 0 Å². The number of aromatic nitrogens is 4. The van der Waals surface area contributed by atoms with Gasteiger partial charge in [-0.2, -0.15) is 0 Å². The van der Waals surface area contributed by atoms with Crippen LogP contribution in [0.5, 0.6) is 0 Å². The number of hydrogen-bond acceptors (Lipinski definition) is 5. The normalized spacial score (nSPS) is 17.0. The standard InChI is InChI=1S/C14H20N6O3.ClH/c1-17-8-16-12-11(17)13(22)20(14(23)19(12)3)7-10(21)18(2)9-4-5-15-6-9;/h8-9,15H,4-7H2,1-3H3;1H. The number of halogens is 1. The highest BCUT2D eigenvalue weighted by Gasteiger charge is 2.25. The van der Waals surface area contributed by atoms with Gasteiger partial charge in [-0.15, -0.1) is 12.4 Å². The molecule has 9 nitrogen and oxygen atoms in total. The molecule has 0 radical (unpaired) electrons. The van der Waals surface area contributed by atoms with Crippen molar-refractivity contribution < 1.29 is 4.79 Å². The molecule has 2 aromatic rings. The highest BCUT2D eigenvalue weighted by atomic mass is 35.5. The van der Waals surface area contributed by atoms with Gasteiger partial charge >= 0.3 is 5.69 Å². The van der Waals surface area contributed by atoms with E-state index in [1.54, 1.807) is 30.6 Å². The Morgan fingerprint density at radius 3 is 2.75 bits per heavy atom. The quantitative estimate of drug-likeness (QED) is 0.736. The van der Waals surface area contributed by atoms with Gasteiger partial charge < -0.3 is 14.8 Å². The number of hydrogen-bond donors (Lipinski definition) is 1. The Labute approximate surface area is 144 Å². The molecule has 1 saturated heterocycles. The van der Waals surface area contributed by atoms with Crippen LogP contribution in [-0.2, 0) is 25.4 Å². The molecule has 1 aliphatic rings. The fraction of sp³-hybridized carbons (Fsp3) is 0.571. The van der Waals surface area contributed by atoms with Crippen molar-refractivity contribution in [2.24, 2.45) is 14.1 Å². The lowest BCUT2D eigenvalue weighted by Gasteiger charge is -2.24. The van der Waals surface area contributed by atoms with Crippen molar-refractivity contribution in [3.63, 3.8) is 0 Å². The highest BCUT2D eigenvalue weighted by molar-refractivity contribution is 5.85. The van der Waals surface area contributed by atoms with Crippen LogP contribution >= 0.6 is 12.4 Å². The first-order valence-electron chi connectivity index (χ1n) is 7.49. The summed E-state index contributed by atoms with van der Waals surface area (Å²) in [4.78, 5) is 43.1. The molecule has 1 N–H and O–H groups in total. The predicted octanol–water partition coefficient (Wildman–Crippen LogP) is -1.32. The van der Waals surface area contributed by atoms with E-state index in [0.717, 1.165) is 24.1 Å². The molecule has 0 aromatic carbocycles. The molecule has 1 amide bonds. The van der Waals surface area contributed by atoms with Gasteiger partial charge in [0.05, 0.1) is 6.33 Å². The Morgan fingerprint density at radius 1 is 1.42 bits per heavy atom. The second-order valence-corrected chi connectivity index (χ2v) is 5.91. The van der Waals surface area contributed by atoms with Gasteiger partial charge in [0.1, 0.15) is 6.54 Å². The van der Waals surface area contributed by atoms with E-state index in [9.17, 15) is 14.4 Å². The Hall–Kier alpha value is -2.13. The number of carbonyl (C=O) groups is 1.